The molecular weight excluding hydrogens is 308 g/mol. The van der Waals surface area contributed by atoms with Crippen molar-refractivity contribution >= 4 is 10.1 Å². The SMILES string of the molecule is CCCCCCCCCCCC(Cc1ccccc1)S(=O)(=O)O. The van der Waals surface area contributed by atoms with E-state index < -0.39 is 15.4 Å². The molecule has 0 saturated heterocycles. The quantitative estimate of drug-likeness (QED) is 0.386. The molecule has 3 nitrogen and oxygen atoms in total. The van der Waals surface area contributed by atoms with Gasteiger partial charge in [0, 0.05) is 0 Å². The van der Waals surface area contributed by atoms with E-state index in [-0.39, 0.29) is 0 Å². The van der Waals surface area contributed by atoms with Crippen LogP contribution in [0.3, 0.4) is 0 Å². The monoisotopic (exact) mass is 340 g/mol. The van der Waals surface area contributed by atoms with Gasteiger partial charge in [-0.1, -0.05) is 95.0 Å². The first kappa shape index (κ1) is 20.2. The molecule has 0 aromatic heterocycles. The van der Waals surface area contributed by atoms with Crippen LogP contribution in [0.2, 0.25) is 0 Å². The van der Waals surface area contributed by atoms with Gasteiger partial charge in [0.25, 0.3) is 10.1 Å². The minimum Gasteiger partial charge on any atom is -0.285 e. The van der Waals surface area contributed by atoms with E-state index in [2.05, 4.69) is 6.92 Å². The molecule has 4 heteroatoms. The first-order valence-electron chi connectivity index (χ1n) is 9.04. The van der Waals surface area contributed by atoms with Gasteiger partial charge in [0.15, 0.2) is 0 Å². The topological polar surface area (TPSA) is 54.4 Å². The molecule has 1 atom stereocenters. The molecule has 132 valence electrons. The zero-order valence-corrected chi connectivity index (χ0v) is 15.2. The van der Waals surface area contributed by atoms with Crippen molar-refractivity contribution in [3.63, 3.8) is 0 Å². The molecule has 23 heavy (non-hydrogen) atoms. The molecule has 0 heterocycles. The van der Waals surface area contributed by atoms with Crippen molar-refractivity contribution < 1.29 is 13.0 Å². The summed E-state index contributed by atoms with van der Waals surface area (Å²) in [6.07, 6.45) is 11.8. The largest absolute Gasteiger partial charge is 0.285 e. The fourth-order valence-corrected chi connectivity index (χ4v) is 3.78. The predicted octanol–water partition coefficient (Wildman–Crippen LogP) is 5.41. The van der Waals surface area contributed by atoms with E-state index in [0.717, 1.165) is 24.8 Å². The van der Waals surface area contributed by atoms with Crippen LogP contribution >= 0.6 is 0 Å². The number of rotatable bonds is 13. The molecule has 0 fully saturated rings. The summed E-state index contributed by atoms with van der Waals surface area (Å²) in [7, 11) is -3.97. The van der Waals surface area contributed by atoms with Gasteiger partial charge in [-0.3, -0.25) is 4.55 Å². The number of hydrogen-bond donors (Lipinski definition) is 1. The average Bonchev–Trinajstić information content (AvgIpc) is 2.52. The maximum Gasteiger partial charge on any atom is 0.268 e. The Balaban J connectivity index is 2.23. The third-order valence-corrected chi connectivity index (χ3v) is 5.60. The van der Waals surface area contributed by atoms with E-state index >= 15 is 0 Å². The van der Waals surface area contributed by atoms with E-state index in [1.807, 2.05) is 30.3 Å². The fourth-order valence-electron chi connectivity index (χ4n) is 2.92. The molecule has 1 rings (SSSR count). The van der Waals surface area contributed by atoms with Gasteiger partial charge in [-0.2, -0.15) is 8.42 Å². The van der Waals surface area contributed by atoms with Gasteiger partial charge in [0.2, 0.25) is 0 Å². The molecule has 0 aliphatic heterocycles. The molecule has 1 unspecified atom stereocenters. The number of hydrogen-bond acceptors (Lipinski definition) is 2. The van der Waals surface area contributed by atoms with E-state index in [1.54, 1.807) is 0 Å². The lowest BCUT2D eigenvalue weighted by Gasteiger charge is -2.14. The predicted molar refractivity (Wildman–Crippen MR) is 97.3 cm³/mol. The second-order valence-corrected chi connectivity index (χ2v) is 8.14. The number of benzene rings is 1. The van der Waals surface area contributed by atoms with Crippen LogP contribution in [0.4, 0.5) is 0 Å². The highest BCUT2D eigenvalue weighted by Crippen LogP contribution is 2.17. The van der Waals surface area contributed by atoms with Gasteiger partial charge in [-0.05, 0) is 18.4 Å². The van der Waals surface area contributed by atoms with Crippen LogP contribution in [0.1, 0.15) is 76.7 Å². The Labute approximate surface area is 142 Å². The normalized spacial score (nSPS) is 13.1. The molecule has 0 amide bonds. The van der Waals surface area contributed by atoms with Crippen LogP contribution in [0.5, 0.6) is 0 Å². The van der Waals surface area contributed by atoms with Crippen LogP contribution in [-0.4, -0.2) is 18.2 Å². The lowest BCUT2D eigenvalue weighted by molar-refractivity contribution is 0.454. The highest BCUT2D eigenvalue weighted by atomic mass is 32.2. The molecule has 0 radical (unpaired) electrons. The molecule has 0 spiro atoms. The van der Waals surface area contributed by atoms with Crippen molar-refractivity contribution in [3.8, 4) is 0 Å². The van der Waals surface area contributed by atoms with Crippen LogP contribution in [0.15, 0.2) is 30.3 Å². The van der Waals surface area contributed by atoms with Crippen molar-refractivity contribution in [2.24, 2.45) is 0 Å². The summed E-state index contributed by atoms with van der Waals surface area (Å²) in [4.78, 5) is 0. The highest BCUT2D eigenvalue weighted by Gasteiger charge is 2.22. The van der Waals surface area contributed by atoms with Gasteiger partial charge in [0.1, 0.15) is 0 Å². The zero-order valence-electron chi connectivity index (χ0n) is 14.4. The Morgan fingerprint density at radius 1 is 0.870 bits per heavy atom. The Morgan fingerprint density at radius 3 is 1.91 bits per heavy atom. The van der Waals surface area contributed by atoms with Crippen LogP contribution in [0, 0.1) is 0 Å². The van der Waals surface area contributed by atoms with E-state index in [4.69, 9.17) is 0 Å². The van der Waals surface area contributed by atoms with Crippen molar-refractivity contribution in [3.05, 3.63) is 35.9 Å². The molecule has 1 aromatic rings. The third kappa shape index (κ3) is 9.77. The molecule has 0 bridgehead atoms. The Bertz CT molecular complexity index is 497. The van der Waals surface area contributed by atoms with E-state index in [9.17, 15) is 13.0 Å². The molecule has 0 saturated carbocycles. The maximum absolute atomic E-state index is 11.6. The summed E-state index contributed by atoms with van der Waals surface area (Å²) < 4.78 is 32.6. The van der Waals surface area contributed by atoms with Crippen molar-refractivity contribution in [2.45, 2.75) is 82.8 Å². The summed E-state index contributed by atoms with van der Waals surface area (Å²) in [5, 5.41) is -0.672. The van der Waals surface area contributed by atoms with Crippen LogP contribution < -0.4 is 0 Å². The van der Waals surface area contributed by atoms with E-state index in [1.165, 1.54) is 38.5 Å². The second kappa shape index (κ2) is 11.6. The summed E-state index contributed by atoms with van der Waals surface area (Å²) in [5.41, 5.74) is 0.964. The van der Waals surface area contributed by atoms with Gasteiger partial charge >= 0.3 is 0 Å². The van der Waals surface area contributed by atoms with Gasteiger partial charge in [0.05, 0.1) is 5.25 Å². The smallest absolute Gasteiger partial charge is 0.268 e. The second-order valence-electron chi connectivity index (χ2n) is 6.44. The van der Waals surface area contributed by atoms with Crippen molar-refractivity contribution in [2.75, 3.05) is 0 Å². The Hall–Kier alpha value is -0.870. The summed E-state index contributed by atoms with van der Waals surface area (Å²) in [5.74, 6) is 0. The first-order valence-corrected chi connectivity index (χ1v) is 10.5. The fraction of sp³-hybridized carbons (Fsp3) is 0.684. The molecular formula is C19H32O3S. The number of unbranched alkanes of at least 4 members (excludes halogenated alkanes) is 8. The van der Waals surface area contributed by atoms with Crippen molar-refractivity contribution in [1.82, 2.24) is 0 Å². The zero-order chi connectivity index (χ0) is 17.0. The van der Waals surface area contributed by atoms with Gasteiger partial charge < -0.3 is 0 Å². The first-order chi connectivity index (χ1) is 11.0. The van der Waals surface area contributed by atoms with E-state index in [0.29, 0.717) is 12.8 Å². The summed E-state index contributed by atoms with van der Waals surface area (Å²) >= 11 is 0. The summed E-state index contributed by atoms with van der Waals surface area (Å²) in [6.45, 7) is 2.22. The standard InChI is InChI=1S/C19H32O3S/c1-2-3-4-5-6-7-8-9-13-16-19(23(20,21)22)17-18-14-11-10-12-15-18/h10-12,14-15,19H,2-9,13,16-17H2,1H3,(H,20,21,22). The van der Waals surface area contributed by atoms with Crippen LogP contribution in [0.25, 0.3) is 0 Å². The lowest BCUT2D eigenvalue weighted by atomic mass is 10.0. The highest BCUT2D eigenvalue weighted by molar-refractivity contribution is 7.86. The lowest BCUT2D eigenvalue weighted by Crippen LogP contribution is -2.23. The third-order valence-electron chi connectivity index (χ3n) is 4.36. The average molecular weight is 341 g/mol. The molecule has 1 N–H and O–H groups in total. The molecule has 1 aromatic carbocycles. The van der Waals surface area contributed by atoms with Gasteiger partial charge in [-0.25, -0.2) is 0 Å². The Morgan fingerprint density at radius 2 is 1.39 bits per heavy atom. The Kier molecular flexibility index (Phi) is 10.2. The molecule has 0 aliphatic rings. The summed E-state index contributed by atoms with van der Waals surface area (Å²) in [6, 6.07) is 9.53. The minimum absolute atomic E-state index is 0.399. The minimum atomic E-state index is -3.97. The maximum atomic E-state index is 11.6. The van der Waals surface area contributed by atoms with Crippen LogP contribution in [-0.2, 0) is 16.5 Å². The van der Waals surface area contributed by atoms with Gasteiger partial charge in [-0.15, -0.1) is 0 Å². The van der Waals surface area contributed by atoms with Crippen molar-refractivity contribution in [1.29, 1.82) is 0 Å². The molecule has 0 aliphatic carbocycles.